The summed E-state index contributed by atoms with van der Waals surface area (Å²) in [6.07, 6.45) is 12.6. The molecule has 0 spiro atoms. The van der Waals surface area contributed by atoms with Gasteiger partial charge in [-0.05, 0) is 50.5 Å². The van der Waals surface area contributed by atoms with Gasteiger partial charge in [0.1, 0.15) is 0 Å². The maximum absolute atomic E-state index is 12.6. The molecule has 0 fully saturated rings. The molecule has 0 heterocycles. The third-order valence-electron chi connectivity index (χ3n) is 4.81. The molecular formula is C23H43N2NaO3. The molecule has 0 saturated heterocycles. The van der Waals surface area contributed by atoms with Gasteiger partial charge in [0.15, 0.2) is 0 Å². The molecule has 2 atom stereocenters. The molecule has 0 aromatic carbocycles. The third-order valence-corrected chi connectivity index (χ3v) is 4.81. The van der Waals surface area contributed by atoms with Crippen LogP contribution in [-0.4, -0.2) is 30.5 Å². The van der Waals surface area contributed by atoms with Crippen molar-refractivity contribution in [3.8, 4) is 0 Å². The third kappa shape index (κ3) is 18.2. The number of allylic oxidation sites excluding steroid dienone is 1. The molecule has 0 saturated carbocycles. The summed E-state index contributed by atoms with van der Waals surface area (Å²) in [6.45, 7) is 12.5. The van der Waals surface area contributed by atoms with Crippen molar-refractivity contribution in [1.29, 1.82) is 0 Å². The van der Waals surface area contributed by atoms with E-state index >= 15 is 0 Å². The Hall–Kier alpha value is -0.360. The van der Waals surface area contributed by atoms with E-state index in [0.717, 1.165) is 25.8 Å². The Labute approximate surface area is 201 Å². The van der Waals surface area contributed by atoms with E-state index in [1.54, 1.807) is 0 Å². The average Bonchev–Trinajstić information content (AvgIpc) is 2.60. The fourth-order valence-electron chi connectivity index (χ4n) is 3.29. The molecule has 2 N–H and O–H groups in total. The number of hydrogen-bond acceptors (Lipinski definition) is 4. The van der Waals surface area contributed by atoms with Crippen LogP contribution in [0.15, 0.2) is 12.7 Å². The molecule has 0 radical (unpaired) electrons. The number of aliphatic carboxylic acids is 1. The van der Waals surface area contributed by atoms with E-state index in [9.17, 15) is 14.7 Å². The van der Waals surface area contributed by atoms with Crippen LogP contribution in [0.2, 0.25) is 0 Å². The second kappa shape index (κ2) is 19.6. The van der Waals surface area contributed by atoms with Crippen molar-refractivity contribution in [2.45, 2.75) is 104 Å². The first-order valence-electron chi connectivity index (χ1n) is 11.1. The average molecular weight is 419 g/mol. The van der Waals surface area contributed by atoms with E-state index in [2.05, 4.69) is 31.1 Å². The Morgan fingerprint density at radius 3 is 1.83 bits per heavy atom. The predicted octanol–water partition coefficient (Wildman–Crippen LogP) is 0.582. The second-order valence-electron chi connectivity index (χ2n) is 8.70. The molecule has 1 amide bonds. The van der Waals surface area contributed by atoms with Crippen LogP contribution in [0.1, 0.15) is 91.9 Å². The largest absolute Gasteiger partial charge is 1.00 e. The summed E-state index contributed by atoms with van der Waals surface area (Å²) >= 11 is 0. The Morgan fingerprint density at radius 1 is 0.862 bits per heavy atom. The maximum Gasteiger partial charge on any atom is 1.00 e. The number of nitrogens with one attached hydrogen (secondary N) is 2. The number of carboxylic acid groups (broad SMARTS) is 1. The van der Waals surface area contributed by atoms with Crippen molar-refractivity contribution in [2.24, 2.45) is 11.8 Å². The van der Waals surface area contributed by atoms with E-state index in [1.165, 1.54) is 32.1 Å². The van der Waals surface area contributed by atoms with Crippen LogP contribution in [0.3, 0.4) is 0 Å². The zero-order chi connectivity index (χ0) is 21.4. The minimum atomic E-state index is -1.21. The zero-order valence-corrected chi connectivity index (χ0v) is 21.6. The van der Waals surface area contributed by atoms with Crippen LogP contribution < -0.4 is 45.3 Å². The molecule has 0 aromatic rings. The number of unbranched alkanes of at least 4 members (excludes halogenated alkanes) is 7. The maximum atomic E-state index is 12.6. The topological polar surface area (TPSA) is 81.3 Å². The number of amides is 1. The Bertz CT molecular complexity index is 442. The number of carboxylic acids is 1. The molecule has 6 heteroatoms. The molecule has 0 aliphatic rings. The van der Waals surface area contributed by atoms with Crippen molar-refractivity contribution < 1.29 is 44.3 Å². The van der Waals surface area contributed by atoms with Crippen molar-refractivity contribution in [3.63, 3.8) is 0 Å². The quantitative estimate of drug-likeness (QED) is 0.194. The minimum absolute atomic E-state index is 0. The van der Waals surface area contributed by atoms with E-state index in [0.29, 0.717) is 18.8 Å². The van der Waals surface area contributed by atoms with E-state index in [4.69, 9.17) is 0 Å². The molecular weight excluding hydrogens is 375 g/mol. The van der Waals surface area contributed by atoms with Crippen LogP contribution >= 0.6 is 0 Å². The van der Waals surface area contributed by atoms with Gasteiger partial charge in [-0.1, -0.05) is 65.9 Å². The summed E-state index contributed by atoms with van der Waals surface area (Å²) in [7, 11) is 0. The smallest absolute Gasteiger partial charge is 0.548 e. The van der Waals surface area contributed by atoms with Crippen molar-refractivity contribution in [1.82, 2.24) is 10.6 Å². The van der Waals surface area contributed by atoms with Crippen LogP contribution in [0, 0.1) is 11.8 Å². The fourth-order valence-corrected chi connectivity index (χ4v) is 3.29. The molecule has 0 bridgehead atoms. The van der Waals surface area contributed by atoms with E-state index in [1.807, 2.05) is 19.9 Å². The summed E-state index contributed by atoms with van der Waals surface area (Å²) < 4.78 is 0. The Morgan fingerprint density at radius 2 is 1.34 bits per heavy atom. The molecule has 164 valence electrons. The normalized spacial score (nSPS) is 13.0. The summed E-state index contributed by atoms with van der Waals surface area (Å²) in [4.78, 5) is 23.9. The van der Waals surface area contributed by atoms with Crippen LogP contribution in [-0.2, 0) is 9.59 Å². The molecule has 0 aliphatic carbocycles. The molecule has 0 aromatic heterocycles. The first-order chi connectivity index (χ1) is 13.3. The molecule has 29 heavy (non-hydrogen) atoms. The number of rotatable bonds is 18. The molecule has 5 nitrogen and oxygen atoms in total. The van der Waals surface area contributed by atoms with Gasteiger partial charge in [0.25, 0.3) is 0 Å². The predicted molar refractivity (Wildman–Crippen MR) is 115 cm³/mol. The van der Waals surface area contributed by atoms with Crippen LogP contribution in [0.25, 0.3) is 0 Å². The van der Waals surface area contributed by atoms with E-state index < -0.39 is 12.0 Å². The monoisotopic (exact) mass is 418 g/mol. The Balaban J connectivity index is 0. The van der Waals surface area contributed by atoms with Crippen LogP contribution in [0.4, 0.5) is 0 Å². The SMILES string of the molecule is C=CCCCCCCCCCN[C@@H](CC(C)C)C(=O)N[C@@H](CC(C)C)C(=O)[O-].[Na+]. The van der Waals surface area contributed by atoms with Crippen LogP contribution in [0.5, 0.6) is 0 Å². The van der Waals surface area contributed by atoms with Gasteiger partial charge in [-0.2, -0.15) is 0 Å². The number of hydrogen-bond donors (Lipinski definition) is 2. The van der Waals surface area contributed by atoms with E-state index in [-0.39, 0.29) is 47.4 Å². The summed E-state index contributed by atoms with van der Waals surface area (Å²) in [5, 5.41) is 17.3. The fraction of sp³-hybridized carbons (Fsp3) is 0.826. The molecule has 0 unspecified atom stereocenters. The first-order valence-corrected chi connectivity index (χ1v) is 11.1. The van der Waals surface area contributed by atoms with Gasteiger partial charge < -0.3 is 20.5 Å². The Kier molecular flexibility index (Phi) is 20.8. The first kappa shape index (κ1) is 30.8. The minimum Gasteiger partial charge on any atom is -0.548 e. The second-order valence-corrected chi connectivity index (χ2v) is 8.70. The molecule has 0 aliphatic heterocycles. The van der Waals surface area contributed by atoms with Gasteiger partial charge >= 0.3 is 29.6 Å². The molecule has 0 rings (SSSR count). The van der Waals surface area contributed by atoms with Crippen molar-refractivity contribution in [3.05, 3.63) is 12.7 Å². The van der Waals surface area contributed by atoms with Gasteiger partial charge in [-0.3, -0.25) is 4.79 Å². The standard InChI is InChI=1S/C23H44N2O3.Na/c1-6-7-8-9-10-11-12-13-14-15-24-20(16-18(2)3)22(26)25-21(23(27)28)17-19(4)5;/h6,18-21,24H,1,7-17H2,2-5H3,(H,25,26)(H,27,28);/q;+1/p-1/t20-,21-;/m0./s1. The van der Waals surface area contributed by atoms with Gasteiger partial charge in [-0.25, -0.2) is 0 Å². The van der Waals surface area contributed by atoms with Gasteiger partial charge in [0.2, 0.25) is 5.91 Å². The summed E-state index contributed by atoms with van der Waals surface area (Å²) in [6, 6.07) is -1.28. The van der Waals surface area contributed by atoms with Gasteiger partial charge in [-0.15, -0.1) is 6.58 Å². The van der Waals surface area contributed by atoms with Gasteiger partial charge in [0.05, 0.1) is 18.1 Å². The van der Waals surface area contributed by atoms with Gasteiger partial charge in [0, 0.05) is 0 Å². The summed E-state index contributed by atoms with van der Waals surface area (Å²) in [5.74, 6) is -0.911. The summed E-state index contributed by atoms with van der Waals surface area (Å²) in [5.41, 5.74) is 0. The van der Waals surface area contributed by atoms with Crippen molar-refractivity contribution in [2.75, 3.05) is 6.54 Å². The number of carbonyl (C=O) groups is 2. The zero-order valence-electron chi connectivity index (χ0n) is 19.6. The number of carbonyl (C=O) groups excluding carboxylic acids is 2. The van der Waals surface area contributed by atoms with Crippen molar-refractivity contribution >= 4 is 11.9 Å².